The van der Waals surface area contributed by atoms with Gasteiger partial charge in [0.15, 0.2) is 5.70 Å². The second kappa shape index (κ2) is 4.70. The molecule has 0 aromatic rings. The molecule has 3 aliphatic heterocycles. The Labute approximate surface area is 139 Å². The molecule has 3 aliphatic rings. The van der Waals surface area contributed by atoms with Crippen molar-refractivity contribution < 1.29 is 22.7 Å². The number of allylic oxidation sites excluding steroid dienone is 1. The molecule has 0 aromatic heterocycles. The summed E-state index contributed by atoms with van der Waals surface area (Å²) < 4.78 is 46.7. The van der Waals surface area contributed by atoms with Gasteiger partial charge in [-0.3, -0.25) is 10.0 Å². The van der Waals surface area contributed by atoms with Crippen molar-refractivity contribution in [3.05, 3.63) is 22.5 Å². The van der Waals surface area contributed by atoms with Crippen LogP contribution in [0.15, 0.2) is 22.5 Å². The first-order valence-corrected chi connectivity index (χ1v) is 8.13. The number of hydrogen-bond donors (Lipinski definition) is 0. The van der Waals surface area contributed by atoms with E-state index >= 15 is 0 Å². The highest BCUT2D eigenvalue weighted by atomic mass is 19.4. The largest absolute Gasteiger partial charge is 0.463 e. The number of rotatable bonds is 2. The van der Waals surface area contributed by atoms with Crippen molar-refractivity contribution in [1.82, 2.24) is 10.0 Å². The monoisotopic (exact) mass is 344 g/mol. The van der Waals surface area contributed by atoms with Gasteiger partial charge in [-0.15, -0.1) is 0 Å². The van der Waals surface area contributed by atoms with E-state index in [0.29, 0.717) is 6.42 Å². The Balaban J connectivity index is 2.29. The lowest BCUT2D eigenvalue weighted by molar-refractivity contribution is -0.142. The lowest BCUT2D eigenvalue weighted by atomic mass is 9.77. The molecule has 1 unspecified atom stereocenters. The molecular weight excluding hydrogens is 321 g/mol. The zero-order valence-electron chi connectivity index (χ0n) is 14.8. The molecule has 0 amide bonds. The highest BCUT2D eigenvalue weighted by Crippen LogP contribution is 2.61. The van der Waals surface area contributed by atoms with Crippen LogP contribution < -0.4 is 0 Å². The second-order valence-corrected chi connectivity index (χ2v) is 7.82. The van der Waals surface area contributed by atoms with E-state index in [9.17, 15) is 18.0 Å². The van der Waals surface area contributed by atoms with Crippen LogP contribution in [0, 0.1) is 5.41 Å². The molecule has 0 radical (unpaired) electrons. The molecule has 0 spiro atoms. The Morgan fingerprint density at radius 1 is 1.29 bits per heavy atom. The summed E-state index contributed by atoms with van der Waals surface area (Å²) in [5.41, 5.74) is -0.533. The van der Waals surface area contributed by atoms with Gasteiger partial charge < -0.3 is 4.74 Å². The number of hydrogen-bond acceptors (Lipinski definition) is 4. The lowest BCUT2D eigenvalue weighted by Crippen LogP contribution is -2.48. The van der Waals surface area contributed by atoms with Crippen LogP contribution in [0.2, 0.25) is 0 Å². The zero-order valence-corrected chi connectivity index (χ0v) is 14.8. The van der Waals surface area contributed by atoms with Crippen LogP contribution in [0.5, 0.6) is 0 Å². The Morgan fingerprint density at radius 2 is 1.88 bits per heavy atom. The van der Waals surface area contributed by atoms with Crippen molar-refractivity contribution >= 4 is 5.97 Å². The number of esters is 1. The summed E-state index contributed by atoms with van der Waals surface area (Å²) in [5.74, 6) is -0.873. The summed E-state index contributed by atoms with van der Waals surface area (Å²) in [4.78, 5) is 12.5. The van der Waals surface area contributed by atoms with Crippen LogP contribution in [0.25, 0.3) is 0 Å². The van der Waals surface area contributed by atoms with Crippen LogP contribution in [-0.4, -0.2) is 40.4 Å². The van der Waals surface area contributed by atoms with Gasteiger partial charge in [-0.1, -0.05) is 13.8 Å². The highest BCUT2D eigenvalue weighted by molar-refractivity contribution is 5.92. The van der Waals surface area contributed by atoms with Gasteiger partial charge in [0.25, 0.3) is 0 Å². The first-order chi connectivity index (χ1) is 10.9. The van der Waals surface area contributed by atoms with E-state index in [1.165, 1.54) is 5.01 Å². The van der Waals surface area contributed by atoms with Gasteiger partial charge in [0, 0.05) is 17.5 Å². The van der Waals surface area contributed by atoms with E-state index in [1.54, 1.807) is 25.8 Å². The first kappa shape index (κ1) is 17.2. The molecule has 134 valence electrons. The predicted octanol–water partition coefficient (Wildman–Crippen LogP) is 3.76. The number of halogens is 3. The smallest absolute Gasteiger partial charge is 0.433 e. The van der Waals surface area contributed by atoms with Gasteiger partial charge in [-0.2, -0.15) is 13.2 Å². The number of nitrogens with zero attached hydrogens (tertiary/aromatic N) is 2. The summed E-state index contributed by atoms with van der Waals surface area (Å²) in [7, 11) is 0. The molecular formula is C17H23F3N2O2. The van der Waals surface area contributed by atoms with Crippen LogP contribution in [-0.2, 0) is 9.53 Å². The number of alkyl halides is 3. The molecule has 3 rings (SSSR count). The molecule has 1 atom stereocenters. The third-order valence-corrected chi connectivity index (χ3v) is 5.50. The van der Waals surface area contributed by atoms with Crippen molar-refractivity contribution in [3.63, 3.8) is 0 Å². The summed E-state index contributed by atoms with van der Waals surface area (Å²) in [6.07, 6.45) is -4.10. The van der Waals surface area contributed by atoms with Crippen LogP contribution in [0.3, 0.4) is 0 Å². The Bertz CT molecular complexity index is 674. The number of carbonyl (C=O) groups is 1. The average molecular weight is 344 g/mol. The van der Waals surface area contributed by atoms with Gasteiger partial charge in [0.1, 0.15) is 0 Å². The van der Waals surface area contributed by atoms with Crippen LogP contribution in [0.4, 0.5) is 13.2 Å². The van der Waals surface area contributed by atoms with E-state index in [1.807, 2.05) is 20.8 Å². The summed E-state index contributed by atoms with van der Waals surface area (Å²) in [6.45, 7) is 10.9. The predicted molar refractivity (Wildman–Crippen MR) is 82.4 cm³/mol. The van der Waals surface area contributed by atoms with Crippen molar-refractivity contribution in [3.8, 4) is 0 Å². The van der Waals surface area contributed by atoms with Gasteiger partial charge in [-0.05, 0) is 33.3 Å². The van der Waals surface area contributed by atoms with Gasteiger partial charge in [-0.25, -0.2) is 4.79 Å². The topological polar surface area (TPSA) is 32.8 Å². The number of ether oxygens (including phenoxy) is 1. The maximum Gasteiger partial charge on any atom is 0.433 e. The minimum atomic E-state index is -4.62. The number of hydrazine groups is 1. The van der Waals surface area contributed by atoms with Crippen LogP contribution in [0.1, 0.15) is 48.0 Å². The van der Waals surface area contributed by atoms with E-state index in [-0.39, 0.29) is 12.2 Å². The van der Waals surface area contributed by atoms with Crippen molar-refractivity contribution in [2.24, 2.45) is 5.41 Å². The third kappa shape index (κ3) is 1.96. The second-order valence-electron chi connectivity index (χ2n) is 7.82. The normalized spacial score (nSPS) is 27.3. The average Bonchev–Trinajstić information content (AvgIpc) is 2.97. The third-order valence-electron chi connectivity index (χ3n) is 5.50. The molecule has 24 heavy (non-hydrogen) atoms. The molecule has 0 saturated carbocycles. The maximum atomic E-state index is 13.9. The van der Waals surface area contributed by atoms with Gasteiger partial charge >= 0.3 is 12.1 Å². The van der Waals surface area contributed by atoms with Crippen LogP contribution >= 0.6 is 0 Å². The molecule has 0 aliphatic carbocycles. The molecule has 3 heterocycles. The zero-order chi connectivity index (χ0) is 18.2. The van der Waals surface area contributed by atoms with E-state index in [0.717, 1.165) is 11.3 Å². The minimum Gasteiger partial charge on any atom is -0.463 e. The molecule has 0 N–H and O–H groups in total. The SMILES string of the molecule is CCOC(=O)C1=C(C(F)(F)F)N2N3C(=C(C)C(C)(C)C13)CC2(C)C. The first-order valence-electron chi connectivity index (χ1n) is 8.13. The molecule has 0 aromatic carbocycles. The lowest BCUT2D eigenvalue weighted by Gasteiger charge is -2.39. The fraction of sp³-hybridized carbons (Fsp3) is 0.706. The molecule has 1 fully saturated rings. The fourth-order valence-corrected chi connectivity index (χ4v) is 4.26. The van der Waals surface area contributed by atoms with E-state index < -0.39 is 34.8 Å². The fourth-order valence-electron chi connectivity index (χ4n) is 4.26. The van der Waals surface area contributed by atoms with Gasteiger partial charge in [0.05, 0.1) is 23.8 Å². The summed E-state index contributed by atoms with van der Waals surface area (Å²) >= 11 is 0. The summed E-state index contributed by atoms with van der Waals surface area (Å²) in [5, 5.41) is 2.96. The standard InChI is InChI=1S/C17H23F3N2O2/c1-7-24-14(23)11-12-16(5,6)9(2)10-8-15(3,4)22(21(10)12)13(11)17(18,19)20/h12H,7-8H2,1-6H3. The van der Waals surface area contributed by atoms with Crippen molar-refractivity contribution in [2.75, 3.05) is 6.61 Å². The quantitative estimate of drug-likeness (QED) is 0.714. The molecule has 1 saturated heterocycles. The maximum absolute atomic E-state index is 13.9. The number of carbonyl (C=O) groups excluding carboxylic acids is 1. The molecule has 0 bridgehead atoms. The Morgan fingerprint density at radius 3 is 2.38 bits per heavy atom. The van der Waals surface area contributed by atoms with Crippen molar-refractivity contribution in [2.45, 2.75) is 65.7 Å². The Hall–Kier alpha value is -1.66. The molecule has 7 heteroatoms. The van der Waals surface area contributed by atoms with E-state index in [2.05, 4.69) is 0 Å². The summed E-state index contributed by atoms with van der Waals surface area (Å²) in [6, 6.07) is -0.676. The highest BCUT2D eigenvalue weighted by Gasteiger charge is 2.66. The van der Waals surface area contributed by atoms with E-state index in [4.69, 9.17) is 4.74 Å². The molecule has 4 nitrogen and oxygen atoms in total. The Kier molecular flexibility index (Phi) is 3.36. The minimum absolute atomic E-state index is 0.0449. The van der Waals surface area contributed by atoms with Crippen molar-refractivity contribution in [1.29, 1.82) is 0 Å². The van der Waals surface area contributed by atoms with Gasteiger partial charge in [0.2, 0.25) is 0 Å².